The van der Waals surface area contributed by atoms with Crippen molar-refractivity contribution in [2.24, 2.45) is 17.6 Å². The molecule has 0 aromatic rings. The van der Waals surface area contributed by atoms with E-state index in [2.05, 4.69) is 0 Å². The molecule has 1 aliphatic rings. The molecule has 0 spiro atoms. The second-order valence-electron chi connectivity index (χ2n) is 5.66. The van der Waals surface area contributed by atoms with Gasteiger partial charge in [-0.3, -0.25) is 9.59 Å². The van der Waals surface area contributed by atoms with Crippen molar-refractivity contribution in [3.8, 4) is 0 Å². The minimum atomic E-state index is -0.901. The van der Waals surface area contributed by atoms with Gasteiger partial charge < -0.3 is 20.6 Å². The smallest absolute Gasteiger partial charge is 0.320 e. The molecule has 3 amide bonds. The third kappa shape index (κ3) is 5.24. The third-order valence-electron chi connectivity index (χ3n) is 3.94. The Bertz CT molecular complexity index is 392. The molecule has 0 aromatic carbocycles. The van der Waals surface area contributed by atoms with E-state index >= 15 is 0 Å². The highest BCUT2D eigenvalue weighted by Gasteiger charge is 2.28. The van der Waals surface area contributed by atoms with Crippen molar-refractivity contribution in [2.45, 2.75) is 33.1 Å². The zero-order valence-electron chi connectivity index (χ0n) is 12.7. The summed E-state index contributed by atoms with van der Waals surface area (Å²) in [6, 6.07) is -0.122. The predicted molar refractivity (Wildman–Crippen MR) is 77.6 cm³/mol. The average molecular weight is 299 g/mol. The highest BCUT2D eigenvalue weighted by Crippen LogP contribution is 2.21. The fourth-order valence-electron chi connectivity index (χ4n) is 2.56. The lowest BCUT2D eigenvalue weighted by Crippen LogP contribution is -2.48. The number of carbonyl (C=O) groups excluding carboxylic acids is 2. The molecule has 120 valence electrons. The van der Waals surface area contributed by atoms with Crippen LogP contribution in [-0.2, 0) is 9.59 Å². The van der Waals surface area contributed by atoms with E-state index in [0.29, 0.717) is 26.1 Å². The molecule has 1 rings (SSSR count). The SMILES string of the molecule is CCN(CC(C)C(=O)O)C(=O)N1CCC(CC(N)=O)CC1. The number of hydrogen-bond acceptors (Lipinski definition) is 3. The van der Waals surface area contributed by atoms with Gasteiger partial charge in [0.2, 0.25) is 5.91 Å². The van der Waals surface area contributed by atoms with E-state index < -0.39 is 11.9 Å². The highest BCUT2D eigenvalue weighted by atomic mass is 16.4. The number of carbonyl (C=O) groups is 3. The average Bonchev–Trinajstić information content (AvgIpc) is 2.43. The monoisotopic (exact) mass is 299 g/mol. The van der Waals surface area contributed by atoms with Crippen LogP contribution in [0, 0.1) is 11.8 Å². The van der Waals surface area contributed by atoms with Crippen LogP contribution in [0.25, 0.3) is 0 Å². The van der Waals surface area contributed by atoms with Gasteiger partial charge in [0.05, 0.1) is 5.92 Å². The third-order valence-corrected chi connectivity index (χ3v) is 3.94. The summed E-state index contributed by atoms with van der Waals surface area (Å²) >= 11 is 0. The van der Waals surface area contributed by atoms with Crippen LogP contribution in [0.1, 0.15) is 33.1 Å². The Morgan fingerprint density at radius 1 is 1.33 bits per heavy atom. The van der Waals surface area contributed by atoms with Crippen molar-refractivity contribution in [1.82, 2.24) is 9.80 Å². The number of primary amides is 1. The maximum atomic E-state index is 12.4. The number of hydrogen-bond donors (Lipinski definition) is 2. The number of rotatable bonds is 6. The summed E-state index contributed by atoms with van der Waals surface area (Å²) < 4.78 is 0. The Morgan fingerprint density at radius 3 is 2.33 bits per heavy atom. The second-order valence-corrected chi connectivity index (χ2v) is 5.66. The number of likely N-dealkylation sites (tertiary alicyclic amines) is 1. The van der Waals surface area contributed by atoms with Gasteiger partial charge in [0.15, 0.2) is 0 Å². The fourth-order valence-corrected chi connectivity index (χ4v) is 2.56. The molecule has 3 N–H and O–H groups in total. The predicted octanol–water partition coefficient (Wildman–Crippen LogP) is 0.736. The quantitative estimate of drug-likeness (QED) is 0.754. The molecular weight excluding hydrogens is 274 g/mol. The van der Waals surface area contributed by atoms with Crippen molar-refractivity contribution >= 4 is 17.9 Å². The maximum absolute atomic E-state index is 12.4. The summed E-state index contributed by atoms with van der Waals surface area (Å²) in [7, 11) is 0. The van der Waals surface area contributed by atoms with Crippen molar-refractivity contribution in [3.05, 3.63) is 0 Å². The molecule has 0 aromatic heterocycles. The van der Waals surface area contributed by atoms with E-state index in [0.717, 1.165) is 12.8 Å². The van der Waals surface area contributed by atoms with Crippen LogP contribution in [0.3, 0.4) is 0 Å². The van der Waals surface area contributed by atoms with Gasteiger partial charge in [-0.25, -0.2) is 4.79 Å². The van der Waals surface area contributed by atoms with Crippen molar-refractivity contribution in [2.75, 3.05) is 26.2 Å². The normalized spacial score (nSPS) is 17.3. The minimum Gasteiger partial charge on any atom is -0.481 e. The van der Waals surface area contributed by atoms with Crippen LogP contribution >= 0.6 is 0 Å². The van der Waals surface area contributed by atoms with Crippen LogP contribution < -0.4 is 5.73 Å². The van der Waals surface area contributed by atoms with Gasteiger partial charge in [-0.05, 0) is 25.7 Å². The number of carboxylic acid groups (broad SMARTS) is 1. The number of piperidine rings is 1. The Kier molecular flexibility index (Phi) is 6.45. The first kappa shape index (κ1) is 17.3. The number of amides is 3. The van der Waals surface area contributed by atoms with Crippen LogP contribution in [0.2, 0.25) is 0 Å². The van der Waals surface area contributed by atoms with Crippen molar-refractivity contribution in [1.29, 1.82) is 0 Å². The van der Waals surface area contributed by atoms with Gasteiger partial charge in [-0.1, -0.05) is 6.92 Å². The Labute approximate surface area is 125 Å². The summed E-state index contributed by atoms with van der Waals surface area (Å²) in [4.78, 5) is 37.5. The zero-order chi connectivity index (χ0) is 16.0. The van der Waals surface area contributed by atoms with E-state index in [1.54, 1.807) is 16.7 Å². The molecule has 1 unspecified atom stereocenters. The maximum Gasteiger partial charge on any atom is 0.320 e. The molecule has 7 heteroatoms. The van der Waals surface area contributed by atoms with Crippen molar-refractivity contribution < 1.29 is 19.5 Å². The number of carboxylic acids is 1. The van der Waals surface area contributed by atoms with Crippen LogP contribution in [0.15, 0.2) is 0 Å². The van der Waals surface area contributed by atoms with Crippen LogP contribution in [0.4, 0.5) is 4.79 Å². The largest absolute Gasteiger partial charge is 0.481 e. The second kappa shape index (κ2) is 7.85. The lowest BCUT2D eigenvalue weighted by atomic mass is 9.93. The van der Waals surface area contributed by atoms with E-state index in [9.17, 15) is 14.4 Å². The summed E-state index contributed by atoms with van der Waals surface area (Å²) in [6.45, 7) is 5.32. The lowest BCUT2D eigenvalue weighted by Gasteiger charge is -2.35. The molecule has 1 atom stereocenters. The van der Waals surface area contributed by atoms with E-state index in [4.69, 9.17) is 10.8 Å². The molecule has 7 nitrogen and oxygen atoms in total. The minimum absolute atomic E-state index is 0.122. The first-order chi connectivity index (χ1) is 9.85. The molecular formula is C14H25N3O4. The summed E-state index contributed by atoms with van der Waals surface area (Å²) in [6.07, 6.45) is 1.90. The standard InChI is InChI=1S/C14H25N3O4/c1-3-16(9-10(2)13(19)20)14(21)17-6-4-11(5-7-17)8-12(15)18/h10-11H,3-9H2,1-2H3,(H2,15,18)(H,19,20). The van der Waals surface area contributed by atoms with Gasteiger partial charge in [-0.15, -0.1) is 0 Å². The zero-order valence-corrected chi connectivity index (χ0v) is 12.7. The topological polar surface area (TPSA) is 104 Å². The lowest BCUT2D eigenvalue weighted by molar-refractivity contribution is -0.141. The molecule has 0 radical (unpaired) electrons. The Hall–Kier alpha value is -1.79. The summed E-state index contributed by atoms with van der Waals surface area (Å²) in [5.41, 5.74) is 5.19. The number of aliphatic carboxylic acids is 1. The molecule has 1 heterocycles. The van der Waals surface area contributed by atoms with Gasteiger partial charge >= 0.3 is 12.0 Å². The van der Waals surface area contributed by atoms with E-state index in [1.165, 1.54) is 0 Å². The van der Waals surface area contributed by atoms with Crippen LogP contribution in [0.5, 0.6) is 0 Å². The molecule has 0 saturated carbocycles. The fraction of sp³-hybridized carbons (Fsp3) is 0.786. The van der Waals surface area contributed by atoms with Gasteiger partial charge in [-0.2, -0.15) is 0 Å². The van der Waals surface area contributed by atoms with Crippen LogP contribution in [-0.4, -0.2) is 59.0 Å². The van der Waals surface area contributed by atoms with Gasteiger partial charge in [0.25, 0.3) is 0 Å². The molecule has 0 bridgehead atoms. The van der Waals surface area contributed by atoms with Gasteiger partial charge in [0, 0.05) is 32.6 Å². The van der Waals surface area contributed by atoms with E-state index in [-0.39, 0.29) is 24.4 Å². The molecule has 21 heavy (non-hydrogen) atoms. The molecule has 1 fully saturated rings. The first-order valence-electron chi connectivity index (χ1n) is 7.40. The van der Waals surface area contributed by atoms with Gasteiger partial charge in [0.1, 0.15) is 0 Å². The number of nitrogens with two attached hydrogens (primary N) is 1. The summed E-state index contributed by atoms with van der Waals surface area (Å²) in [5.74, 6) is -1.53. The first-order valence-corrected chi connectivity index (χ1v) is 7.40. The summed E-state index contributed by atoms with van der Waals surface area (Å²) in [5, 5.41) is 8.94. The Balaban J connectivity index is 2.51. The van der Waals surface area contributed by atoms with Crippen molar-refractivity contribution in [3.63, 3.8) is 0 Å². The van der Waals surface area contributed by atoms with E-state index in [1.807, 2.05) is 6.92 Å². The molecule has 0 aliphatic carbocycles. The molecule has 1 saturated heterocycles. The number of urea groups is 1. The molecule has 1 aliphatic heterocycles. The highest BCUT2D eigenvalue weighted by molar-refractivity contribution is 5.76. The Morgan fingerprint density at radius 2 is 1.90 bits per heavy atom. The number of nitrogens with zero attached hydrogens (tertiary/aromatic N) is 2.